The molecular weight excluding hydrogens is 186 g/mol. The average molecular weight is 205 g/mol. The topological polar surface area (TPSA) is 51.6 Å². The van der Waals surface area contributed by atoms with E-state index in [4.69, 9.17) is 5.26 Å². The average Bonchev–Trinajstić information content (AvgIpc) is 2.69. The quantitative estimate of drug-likeness (QED) is 0.791. The lowest BCUT2D eigenvalue weighted by atomic mass is 9.88. The first-order chi connectivity index (χ1) is 6.87. The highest BCUT2D eigenvalue weighted by molar-refractivity contribution is 5.16. The van der Waals surface area contributed by atoms with Gasteiger partial charge in [0, 0.05) is 23.9 Å². The van der Waals surface area contributed by atoms with Crippen LogP contribution in [0.1, 0.15) is 33.4 Å². The first-order valence-corrected chi connectivity index (χ1v) is 5.17. The second kappa shape index (κ2) is 4.08. The fourth-order valence-corrected chi connectivity index (χ4v) is 1.33. The van der Waals surface area contributed by atoms with Crippen molar-refractivity contribution >= 4 is 0 Å². The van der Waals surface area contributed by atoms with Gasteiger partial charge in [0.25, 0.3) is 0 Å². The second-order valence-electron chi connectivity index (χ2n) is 5.06. The van der Waals surface area contributed by atoms with Crippen LogP contribution in [-0.4, -0.2) is 17.1 Å². The first-order valence-electron chi connectivity index (χ1n) is 5.17. The number of aromatic amines is 1. The van der Waals surface area contributed by atoms with Gasteiger partial charge in [-0.25, -0.2) is 0 Å². The van der Waals surface area contributed by atoms with Gasteiger partial charge in [-0.1, -0.05) is 13.8 Å². The van der Waals surface area contributed by atoms with Crippen molar-refractivity contribution in [2.45, 2.75) is 38.6 Å². The Kier molecular flexibility index (Phi) is 3.21. The third-order valence-electron chi connectivity index (χ3n) is 2.58. The highest BCUT2D eigenvalue weighted by Gasteiger charge is 2.25. The molecule has 0 aromatic carbocycles. The Balaban J connectivity index is 2.63. The Bertz CT molecular complexity index is 341. The van der Waals surface area contributed by atoms with Crippen LogP contribution in [-0.2, 0) is 5.41 Å². The van der Waals surface area contributed by atoms with Crippen LogP contribution in [0.2, 0.25) is 0 Å². The number of aromatic nitrogens is 1. The number of hydrogen-bond acceptors (Lipinski definition) is 2. The highest BCUT2D eigenvalue weighted by atomic mass is 15.0. The van der Waals surface area contributed by atoms with Gasteiger partial charge in [-0.3, -0.25) is 5.32 Å². The Morgan fingerprint density at radius 2 is 2.07 bits per heavy atom. The molecule has 1 aromatic heterocycles. The Morgan fingerprint density at radius 3 is 2.53 bits per heavy atom. The predicted octanol–water partition coefficient (Wildman–Crippen LogP) is 2.18. The third-order valence-corrected chi connectivity index (χ3v) is 2.58. The zero-order chi connectivity index (χ0) is 11.5. The molecule has 0 radical (unpaired) electrons. The number of H-pyrrole nitrogens is 1. The molecule has 0 saturated heterocycles. The molecule has 0 fully saturated rings. The number of nitrogens with zero attached hydrogens (tertiary/aromatic N) is 1. The van der Waals surface area contributed by atoms with Crippen molar-refractivity contribution in [1.82, 2.24) is 10.3 Å². The molecular formula is C12H19N3. The summed E-state index contributed by atoms with van der Waals surface area (Å²) in [7, 11) is 0. The van der Waals surface area contributed by atoms with E-state index in [9.17, 15) is 0 Å². The zero-order valence-electron chi connectivity index (χ0n) is 9.89. The summed E-state index contributed by atoms with van der Waals surface area (Å²) >= 11 is 0. The molecule has 1 aromatic rings. The van der Waals surface area contributed by atoms with Crippen molar-refractivity contribution in [2.75, 3.05) is 6.54 Å². The summed E-state index contributed by atoms with van der Waals surface area (Å²) < 4.78 is 0. The minimum absolute atomic E-state index is 0.0115. The number of nitrogens with one attached hydrogen (secondary N) is 2. The summed E-state index contributed by atoms with van der Waals surface area (Å²) in [6.07, 6.45) is 1.92. The molecule has 15 heavy (non-hydrogen) atoms. The minimum Gasteiger partial charge on any atom is -0.365 e. The van der Waals surface area contributed by atoms with E-state index in [0.29, 0.717) is 0 Å². The SMILES string of the molecule is CC(C)(C#N)NCC(C)(C)c1ccc[nH]1. The van der Waals surface area contributed by atoms with Crippen molar-refractivity contribution < 1.29 is 0 Å². The Hall–Kier alpha value is -1.27. The van der Waals surface area contributed by atoms with Gasteiger partial charge in [0.05, 0.1) is 6.07 Å². The van der Waals surface area contributed by atoms with Gasteiger partial charge in [-0.15, -0.1) is 0 Å². The van der Waals surface area contributed by atoms with Gasteiger partial charge in [-0.05, 0) is 26.0 Å². The molecule has 2 N–H and O–H groups in total. The van der Waals surface area contributed by atoms with E-state index < -0.39 is 5.54 Å². The zero-order valence-corrected chi connectivity index (χ0v) is 9.89. The van der Waals surface area contributed by atoms with Crippen molar-refractivity contribution in [3.8, 4) is 6.07 Å². The first kappa shape index (κ1) is 11.8. The van der Waals surface area contributed by atoms with Crippen LogP contribution in [0.15, 0.2) is 18.3 Å². The summed E-state index contributed by atoms with van der Waals surface area (Å²) in [5.74, 6) is 0. The molecule has 0 aliphatic carbocycles. The predicted molar refractivity (Wildman–Crippen MR) is 61.5 cm³/mol. The summed E-state index contributed by atoms with van der Waals surface area (Å²) in [6, 6.07) is 6.30. The lowest BCUT2D eigenvalue weighted by molar-refractivity contribution is 0.392. The molecule has 0 aliphatic rings. The van der Waals surface area contributed by atoms with Crippen molar-refractivity contribution in [2.24, 2.45) is 0 Å². The Labute approximate surface area is 91.5 Å². The number of hydrogen-bond donors (Lipinski definition) is 2. The van der Waals surface area contributed by atoms with E-state index in [-0.39, 0.29) is 5.41 Å². The maximum Gasteiger partial charge on any atom is 0.101 e. The molecule has 0 spiro atoms. The lowest BCUT2D eigenvalue weighted by Crippen LogP contribution is -2.44. The Morgan fingerprint density at radius 1 is 1.40 bits per heavy atom. The van der Waals surface area contributed by atoms with Gasteiger partial charge in [0.2, 0.25) is 0 Å². The fourth-order valence-electron chi connectivity index (χ4n) is 1.33. The van der Waals surface area contributed by atoms with E-state index in [2.05, 4.69) is 36.3 Å². The standard InChI is InChI=1S/C12H19N3/c1-11(2,10-6-5-7-14-10)9-15-12(3,4)8-13/h5-7,14-15H,9H2,1-4H3. The smallest absolute Gasteiger partial charge is 0.101 e. The molecule has 0 bridgehead atoms. The van der Waals surface area contributed by atoms with E-state index in [1.165, 1.54) is 5.69 Å². The van der Waals surface area contributed by atoms with Gasteiger partial charge in [0.15, 0.2) is 0 Å². The molecule has 82 valence electrons. The van der Waals surface area contributed by atoms with Crippen LogP contribution in [0.3, 0.4) is 0 Å². The molecule has 1 heterocycles. The molecule has 3 heteroatoms. The second-order valence-corrected chi connectivity index (χ2v) is 5.06. The monoisotopic (exact) mass is 205 g/mol. The molecule has 0 aliphatic heterocycles. The van der Waals surface area contributed by atoms with E-state index in [1.54, 1.807) is 0 Å². The summed E-state index contributed by atoms with van der Waals surface area (Å²) in [6.45, 7) is 8.85. The largest absolute Gasteiger partial charge is 0.365 e. The van der Waals surface area contributed by atoms with E-state index >= 15 is 0 Å². The van der Waals surface area contributed by atoms with Crippen LogP contribution >= 0.6 is 0 Å². The van der Waals surface area contributed by atoms with Crippen molar-refractivity contribution in [1.29, 1.82) is 5.26 Å². The van der Waals surface area contributed by atoms with Gasteiger partial charge >= 0.3 is 0 Å². The lowest BCUT2D eigenvalue weighted by Gasteiger charge is -2.28. The normalized spacial score (nSPS) is 12.5. The maximum atomic E-state index is 8.90. The van der Waals surface area contributed by atoms with Gasteiger partial charge < -0.3 is 4.98 Å². The van der Waals surface area contributed by atoms with Crippen LogP contribution in [0, 0.1) is 11.3 Å². The summed E-state index contributed by atoms with van der Waals surface area (Å²) in [5.41, 5.74) is 0.727. The van der Waals surface area contributed by atoms with Crippen molar-refractivity contribution in [3.63, 3.8) is 0 Å². The number of rotatable bonds is 4. The third kappa shape index (κ3) is 3.10. The van der Waals surface area contributed by atoms with Crippen LogP contribution in [0.4, 0.5) is 0 Å². The van der Waals surface area contributed by atoms with E-state index in [1.807, 2.05) is 26.1 Å². The van der Waals surface area contributed by atoms with Gasteiger partial charge in [0.1, 0.15) is 5.54 Å². The molecule has 3 nitrogen and oxygen atoms in total. The number of nitriles is 1. The highest BCUT2D eigenvalue weighted by Crippen LogP contribution is 2.20. The summed E-state index contributed by atoms with van der Waals surface area (Å²) in [5, 5.41) is 12.2. The molecule has 0 amide bonds. The molecule has 1 rings (SSSR count). The fraction of sp³-hybridized carbons (Fsp3) is 0.583. The van der Waals surface area contributed by atoms with E-state index in [0.717, 1.165) is 6.54 Å². The minimum atomic E-state index is -0.468. The molecule has 0 unspecified atom stereocenters. The molecule has 0 atom stereocenters. The van der Waals surface area contributed by atoms with Gasteiger partial charge in [-0.2, -0.15) is 5.26 Å². The van der Waals surface area contributed by atoms with Crippen molar-refractivity contribution in [3.05, 3.63) is 24.0 Å². The van der Waals surface area contributed by atoms with Crippen LogP contribution in [0.25, 0.3) is 0 Å². The molecule has 0 saturated carbocycles. The van der Waals surface area contributed by atoms with Crippen LogP contribution in [0.5, 0.6) is 0 Å². The summed E-state index contributed by atoms with van der Waals surface area (Å²) in [4.78, 5) is 3.21. The maximum absolute atomic E-state index is 8.90. The van der Waals surface area contributed by atoms with Crippen LogP contribution < -0.4 is 5.32 Å².